The van der Waals surface area contributed by atoms with Gasteiger partial charge in [-0.2, -0.15) is 0 Å². The number of hydrogen-bond donors (Lipinski definition) is 3. The highest BCUT2D eigenvalue weighted by atomic mass is 32.2. The second-order valence-electron chi connectivity index (χ2n) is 4.77. The van der Waals surface area contributed by atoms with Gasteiger partial charge in [0.05, 0.1) is 11.3 Å². The maximum Gasteiger partial charge on any atom is 0.303 e. The fourth-order valence-corrected chi connectivity index (χ4v) is 3.19. The standard InChI is InChI=1S/C13H19NO5S/c1-9-3-4-12(10(2)5-9)20(18,19)14-7-11(8-15)6-13(16)17/h3-5,11,14-15H,6-8H2,1-2H3,(H,16,17). The van der Waals surface area contributed by atoms with Crippen molar-refractivity contribution >= 4 is 16.0 Å². The molecule has 6 nitrogen and oxygen atoms in total. The molecule has 3 N–H and O–H groups in total. The van der Waals surface area contributed by atoms with Crippen molar-refractivity contribution in [3.8, 4) is 0 Å². The minimum absolute atomic E-state index is 0.113. The number of aliphatic hydroxyl groups is 1. The second-order valence-corrected chi connectivity index (χ2v) is 6.50. The fraction of sp³-hybridized carbons (Fsp3) is 0.462. The summed E-state index contributed by atoms with van der Waals surface area (Å²) < 4.78 is 26.6. The summed E-state index contributed by atoms with van der Waals surface area (Å²) in [7, 11) is -3.70. The van der Waals surface area contributed by atoms with E-state index in [1.165, 1.54) is 6.07 Å². The molecular weight excluding hydrogens is 282 g/mol. The zero-order chi connectivity index (χ0) is 15.3. The van der Waals surface area contributed by atoms with Gasteiger partial charge in [0.15, 0.2) is 0 Å². The fourth-order valence-electron chi connectivity index (χ4n) is 1.85. The van der Waals surface area contributed by atoms with Crippen LogP contribution in [-0.4, -0.2) is 37.8 Å². The number of aryl methyl sites for hydroxylation is 2. The molecule has 0 radical (unpaired) electrons. The number of aliphatic carboxylic acids is 1. The largest absolute Gasteiger partial charge is 0.481 e. The lowest BCUT2D eigenvalue weighted by molar-refractivity contribution is -0.138. The van der Waals surface area contributed by atoms with Crippen LogP contribution in [0.2, 0.25) is 0 Å². The summed E-state index contributed by atoms with van der Waals surface area (Å²) in [5.74, 6) is -1.72. The molecule has 0 bridgehead atoms. The van der Waals surface area contributed by atoms with Crippen molar-refractivity contribution in [3.05, 3.63) is 29.3 Å². The number of sulfonamides is 1. The number of benzene rings is 1. The zero-order valence-corrected chi connectivity index (χ0v) is 12.3. The Balaban J connectivity index is 2.82. The Morgan fingerprint density at radius 2 is 2.00 bits per heavy atom. The van der Waals surface area contributed by atoms with E-state index in [4.69, 9.17) is 10.2 Å². The van der Waals surface area contributed by atoms with Crippen molar-refractivity contribution in [2.24, 2.45) is 5.92 Å². The van der Waals surface area contributed by atoms with E-state index >= 15 is 0 Å². The Morgan fingerprint density at radius 3 is 2.50 bits per heavy atom. The number of hydrogen-bond acceptors (Lipinski definition) is 4. The molecule has 0 spiro atoms. The van der Waals surface area contributed by atoms with E-state index in [2.05, 4.69) is 4.72 Å². The van der Waals surface area contributed by atoms with E-state index in [1.807, 2.05) is 6.92 Å². The second kappa shape index (κ2) is 6.83. The van der Waals surface area contributed by atoms with Crippen molar-refractivity contribution in [2.75, 3.05) is 13.2 Å². The first-order chi connectivity index (χ1) is 9.26. The van der Waals surface area contributed by atoms with Crippen LogP contribution in [0.4, 0.5) is 0 Å². The zero-order valence-electron chi connectivity index (χ0n) is 11.5. The monoisotopic (exact) mass is 301 g/mol. The molecule has 20 heavy (non-hydrogen) atoms. The highest BCUT2D eigenvalue weighted by molar-refractivity contribution is 7.89. The van der Waals surface area contributed by atoms with Gasteiger partial charge in [-0.05, 0) is 25.5 Å². The lowest BCUT2D eigenvalue weighted by Crippen LogP contribution is -2.32. The van der Waals surface area contributed by atoms with Gasteiger partial charge in [0.1, 0.15) is 0 Å². The van der Waals surface area contributed by atoms with Crippen molar-refractivity contribution in [1.82, 2.24) is 4.72 Å². The predicted octanol–water partition coefficient (Wildman–Crippen LogP) is 0.665. The summed E-state index contributed by atoms with van der Waals surface area (Å²) in [6.07, 6.45) is -0.286. The summed E-state index contributed by atoms with van der Waals surface area (Å²) in [6.45, 7) is 3.06. The van der Waals surface area contributed by atoms with E-state index in [1.54, 1.807) is 19.1 Å². The van der Waals surface area contributed by atoms with Gasteiger partial charge in [0.2, 0.25) is 10.0 Å². The summed E-state index contributed by atoms with van der Waals surface area (Å²) >= 11 is 0. The Labute approximate surface area is 118 Å². The summed E-state index contributed by atoms with van der Waals surface area (Å²) in [6, 6.07) is 4.97. The summed E-state index contributed by atoms with van der Waals surface area (Å²) in [4.78, 5) is 10.7. The smallest absolute Gasteiger partial charge is 0.303 e. The maximum absolute atomic E-state index is 12.1. The molecule has 7 heteroatoms. The predicted molar refractivity (Wildman–Crippen MR) is 73.9 cm³/mol. The van der Waals surface area contributed by atoms with Crippen LogP contribution in [0.1, 0.15) is 17.5 Å². The average molecular weight is 301 g/mol. The Kier molecular flexibility index (Phi) is 5.67. The lowest BCUT2D eigenvalue weighted by Gasteiger charge is -2.14. The van der Waals surface area contributed by atoms with E-state index in [9.17, 15) is 13.2 Å². The molecule has 0 heterocycles. The van der Waals surface area contributed by atoms with Gasteiger partial charge in [-0.1, -0.05) is 17.7 Å². The van der Waals surface area contributed by atoms with Crippen molar-refractivity contribution in [1.29, 1.82) is 0 Å². The molecule has 0 aliphatic rings. The third-order valence-electron chi connectivity index (χ3n) is 2.90. The van der Waals surface area contributed by atoms with Gasteiger partial charge in [0.25, 0.3) is 0 Å². The van der Waals surface area contributed by atoms with Crippen molar-refractivity contribution < 1.29 is 23.4 Å². The number of nitrogens with one attached hydrogen (secondary N) is 1. The van der Waals surface area contributed by atoms with Crippen LogP contribution in [0.25, 0.3) is 0 Å². The van der Waals surface area contributed by atoms with Crippen LogP contribution in [0.3, 0.4) is 0 Å². The van der Waals surface area contributed by atoms with E-state index in [0.29, 0.717) is 5.56 Å². The number of aliphatic hydroxyl groups excluding tert-OH is 1. The molecule has 0 saturated carbocycles. The normalized spacial score (nSPS) is 13.2. The van der Waals surface area contributed by atoms with Gasteiger partial charge < -0.3 is 10.2 Å². The number of rotatable bonds is 7. The first-order valence-corrected chi connectivity index (χ1v) is 7.64. The molecule has 0 saturated heterocycles. The summed E-state index contributed by atoms with van der Waals surface area (Å²) in [5.41, 5.74) is 1.58. The summed E-state index contributed by atoms with van der Waals surface area (Å²) in [5, 5.41) is 17.7. The number of carboxylic acids is 1. The van der Waals surface area contributed by atoms with Gasteiger partial charge in [-0.25, -0.2) is 13.1 Å². The molecule has 0 aromatic heterocycles. The van der Waals surface area contributed by atoms with Gasteiger partial charge in [-0.15, -0.1) is 0 Å². The molecule has 1 aromatic rings. The quantitative estimate of drug-likeness (QED) is 0.686. The number of carbonyl (C=O) groups is 1. The van der Waals surface area contributed by atoms with E-state index in [-0.39, 0.29) is 24.5 Å². The molecule has 1 unspecified atom stereocenters. The third-order valence-corrected chi connectivity index (χ3v) is 4.49. The molecule has 1 rings (SSSR count). The van der Waals surface area contributed by atoms with Gasteiger partial charge in [0, 0.05) is 19.1 Å². The minimum atomic E-state index is -3.70. The van der Waals surface area contributed by atoms with Crippen LogP contribution in [0.15, 0.2) is 23.1 Å². The van der Waals surface area contributed by atoms with Crippen LogP contribution in [0.5, 0.6) is 0 Å². The third kappa shape index (κ3) is 4.59. The van der Waals surface area contributed by atoms with E-state index in [0.717, 1.165) is 5.56 Å². The average Bonchev–Trinajstić information content (AvgIpc) is 2.33. The first kappa shape index (κ1) is 16.6. The van der Waals surface area contributed by atoms with Gasteiger partial charge >= 0.3 is 5.97 Å². The van der Waals surface area contributed by atoms with Gasteiger partial charge in [-0.3, -0.25) is 4.79 Å². The van der Waals surface area contributed by atoms with Crippen LogP contribution >= 0.6 is 0 Å². The minimum Gasteiger partial charge on any atom is -0.481 e. The van der Waals surface area contributed by atoms with Crippen LogP contribution < -0.4 is 4.72 Å². The molecule has 0 aliphatic carbocycles. The first-order valence-electron chi connectivity index (χ1n) is 6.16. The molecule has 0 fully saturated rings. The number of carboxylic acid groups (broad SMARTS) is 1. The molecule has 0 aliphatic heterocycles. The highest BCUT2D eigenvalue weighted by Gasteiger charge is 2.20. The molecular formula is C13H19NO5S. The Hall–Kier alpha value is -1.44. The highest BCUT2D eigenvalue weighted by Crippen LogP contribution is 2.16. The Morgan fingerprint density at radius 1 is 1.35 bits per heavy atom. The maximum atomic E-state index is 12.1. The van der Waals surface area contributed by atoms with Crippen LogP contribution in [-0.2, 0) is 14.8 Å². The Bertz CT molecular complexity index is 582. The SMILES string of the molecule is Cc1ccc(S(=O)(=O)NCC(CO)CC(=O)O)c(C)c1. The molecule has 112 valence electrons. The van der Waals surface area contributed by atoms with E-state index < -0.39 is 21.9 Å². The van der Waals surface area contributed by atoms with Crippen molar-refractivity contribution in [3.63, 3.8) is 0 Å². The van der Waals surface area contributed by atoms with Crippen LogP contribution in [0, 0.1) is 19.8 Å². The topological polar surface area (TPSA) is 104 Å². The van der Waals surface area contributed by atoms with Crippen molar-refractivity contribution in [2.45, 2.75) is 25.2 Å². The molecule has 1 atom stereocenters. The molecule has 0 amide bonds. The lowest BCUT2D eigenvalue weighted by atomic mass is 10.1. The molecule has 1 aromatic carbocycles.